The number of nitrogens with zero attached hydrogens (tertiary/aromatic N) is 2. The highest BCUT2D eigenvalue weighted by atomic mass is 79.9. The van der Waals surface area contributed by atoms with Gasteiger partial charge in [0.2, 0.25) is 0 Å². The van der Waals surface area contributed by atoms with E-state index in [4.69, 9.17) is 0 Å². The molecule has 1 unspecified atom stereocenters. The minimum absolute atomic E-state index is 0.137. The van der Waals surface area contributed by atoms with Crippen molar-refractivity contribution in [3.05, 3.63) is 28.9 Å². The van der Waals surface area contributed by atoms with Crippen LogP contribution in [0.15, 0.2) is 23.3 Å². The first-order chi connectivity index (χ1) is 6.65. The summed E-state index contributed by atoms with van der Waals surface area (Å²) in [5.74, 6) is 0. The zero-order chi connectivity index (χ0) is 10.6. The average Bonchev–Trinajstić information content (AvgIpc) is 2.18. The van der Waals surface area contributed by atoms with Gasteiger partial charge in [0.25, 0.3) is 0 Å². The summed E-state index contributed by atoms with van der Waals surface area (Å²) >= 11 is 3.23. The Balaban J connectivity index is 2.80. The van der Waals surface area contributed by atoms with Crippen molar-refractivity contribution in [1.82, 2.24) is 14.9 Å². The number of alkyl halides is 1. The molecule has 1 rings (SSSR count). The lowest BCUT2D eigenvalue weighted by Crippen LogP contribution is -2.39. The van der Waals surface area contributed by atoms with E-state index >= 15 is 0 Å². The normalized spacial score (nSPS) is 12.1. The maximum absolute atomic E-state index is 11.4. The number of hydrogen-bond acceptors (Lipinski definition) is 3. The van der Waals surface area contributed by atoms with Crippen molar-refractivity contribution >= 4 is 22.0 Å². The Labute approximate surface area is 89.3 Å². The van der Waals surface area contributed by atoms with E-state index in [2.05, 4.69) is 26.2 Å². The van der Waals surface area contributed by atoms with Gasteiger partial charge < -0.3 is 5.32 Å². The molecule has 0 radical (unpaired) electrons. The maximum atomic E-state index is 11.4. The second-order valence-electron chi connectivity index (χ2n) is 2.60. The molecule has 0 aliphatic heterocycles. The number of aromatic nitrogens is 2. The Morgan fingerprint density at radius 2 is 2.50 bits per heavy atom. The fraction of sp³-hybridized carbons (Fsp3) is 0.375. The van der Waals surface area contributed by atoms with E-state index in [1.165, 1.54) is 18.5 Å². The predicted molar refractivity (Wildman–Crippen MR) is 55.4 cm³/mol. The average molecular weight is 260 g/mol. The Kier molecular flexibility index (Phi) is 3.82. The van der Waals surface area contributed by atoms with E-state index in [9.17, 15) is 9.59 Å². The van der Waals surface area contributed by atoms with Crippen molar-refractivity contribution in [2.45, 2.75) is 18.3 Å². The molecule has 5 nitrogen and oxygen atoms in total. The molecule has 0 aliphatic rings. The van der Waals surface area contributed by atoms with Crippen LogP contribution in [-0.4, -0.2) is 20.5 Å². The third-order valence-corrected chi connectivity index (χ3v) is 2.45. The molecule has 0 spiro atoms. The molecule has 0 bridgehead atoms. The molecule has 76 valence electrons. The number of amides is 1. The Bertz CT molecular complexity index is 377. The van der Waals surface area contributed by atoms with Gasteiger partial charge in [-0.05, 0) is 12.5 Å². The van der Waals surface area contributed by atoms with Crippen molar-refractivity contribution in [1.29, 1.82) is 0 Å². The summed E-state index contributed by atoms with van der Waals surface area (Å²) in [6.45, 7) is 1.91. The summed E-state index contributed by atoms with van der Waals surface area (Å²) in [5.41, 5.74) is -0.583. The van der Waals surface area contributed by atoms with Crippen LogP contribution in [0, 0.1) is 0 Å². The van der Waals surface area contributed by atoms with E-state index in [0.717, 1.165) is 11.0 Å². The quantitative estimate of drug-likeness (QED) is 0.635. The van der Waals surface area contributed by atoms with Crippen molar-refractivity contribution in [3.8, 4) is 0 Å². The van der Waals surface area contributed by atoms with Gasteiger partial charge in [0.05, 0.1) is 4.95 Å². The minimum Gasteiger partial charge on any atom is -0.325 e. The number of carbonyl (C=O) groups excluding carboxylic acids is 1. The predicted octanol–water partition coefficient (Wildman–Crippen LogP) is 0.932. The number of rotatable bonds is 2. The largest absolute Gasteiger partial charge is 0.355 e. The molecular weight excluding hydrogens is 250 g/mol. The Hall–Kier alpha value is -1.17. The summed E-state index contributed by atoms with van der Waals surface area (Å²) in [4.78, 5) is 25.9. The molecule has 6 heteroatoms. The highest BCUT2D eigenvalue weighted by Crippen LogP contribution is 1.99. The van der Waals surface area contributed by atoms with E-state index in [0.29, 0.717) is 0 Å². The molecule has 1 N–H and O–H groups in total. The second-order valence-corrected chi connectivity index (χ2v) is 3.70. The molecule has 0 aliphatic carbocycles. The lowest BCUT2D eigenvalue weighted by atomic mass is 10.5. The van der Waals surface area contributed by atoms with Crippen LogP contribution in [-0.2, 0) is 0 Å². The first-order valence-electron chi connectivity index (χ1n) is 4.13. The molecule has 1 aromatic heterocycles. The molecule has 1 aromatic rings. The highest BCUT2D eigenvalue weighted by molar-refractivity contribution is 9.09. The van der Waals surface area contributed by atoms with Crippen LogP contribution in [0.2, 0.25) is 0 Å². The number of nitrogens with one attached hydrogen (secondary N) is 1. The maximum Gasteiger partial charge on any atom is 0.355 e. The zero-order valence-electron chi connectivity index (χ0n) is 7.61. The first-order valence-corrected chi connectivity index (χ1v) is 5.05. The van der Waals surface area contributed by atoms with E-state index in [1.54, 1.807) is 0 Å². The topological polar surface area (TPSA) is 64.0 Å². The van der Waals surface area contributed by atoms with Gasteiger partial charge in [-0.15, -0.1) is 0 Å². The van der Waals surface area contributed by atoms with Crippen LogP contribution in [0.3, 0.4) is 0 Å². The van der Waals surface area contributed by atoms with Crippen molar-refractivity contribution in [2.75, 3.05) is 0 Å². The Morgan fingerprint density at radius 1 is 1.79 bits per heavy atom. The fourth-order valence-electron chi connectivity index (χ4n) is 0.817. The SMILES string of the molecule is CCC(Br)NC(=O)n1cccnc1=O. The van der Waals surface area contributed by atoms with Gasteiger partial charge in [0.15, 0.2) is 0 Å². The molecule has 0 saturated heterocycles. The standard InChI is InChI=1S/C8H10BrN3O2/c1-2-6(9)11-8(14)12-5-3-4-10-7(12)13/h3-6H,2H2,1H3,(H,11,14). The van der Waals surface area contributed by atoms with Gasteiger partial charge >= 0.3 is 11.7 Å². The number of halogens is 1. The third kappa shape index (κ3) is 2.66. The van der Waals surface area contributed by atoms with Crippen LogP contribution in [0.25, 0.3) is 0 Å². The molecule has 1 atom stereocenters. The zero-order valence-corrected chi connectivity index (χ0v) is 9.19. The van der Waals surface area contributed by atoms with Gasteiger partial charge in [-0.25, -0.2) is 19.1 Å². The molecule has 14 heavy (non-hydrogen) atoms. The summed E-state index contributed by atoms with van der Waals surface area (Å²) < 4.78 is 0.921. The van der Waals surface area contributed by atoms with Crippen LogP contribution < -0.4 is 11.0 Å². The highest BCUT2D eigenvalue weighted by Gasteiger charge is 2.09. The fourth-order valence-corrected chi connectivity index (χ4v) is 1.01. The van der Waals surface area contributed by atoms with Crippen LogP contribution in [0.1, 0.15) is 13.3 Å². The molecule has 1 heterocycles. The van der Waals surface area contributed by atoms with Crippen LogP contribution in [0.4, 0.5) is 4.79 Å². The molecular formula is C8H10BrN3O2. The molecule has 0 saturated carbocycles. The van der Waals surface area contributed by atoms with Crippen LogP contribution >= 0.6 is 15.9 Å². The molecule has 0 aromatic carbocycles. The lowest BCUT2D eigenvalue weighted by Gasteiger charge is -2.09. The number of carbonyl (C=O) groups is 1. The molecule has 1 amide bonds. The van der Waals surface area contributed by atoms with Crippen molar-refractivity contribution in [2.24, 2.45) is 0 Å². The summed E-state index contributed by atoms with van der Waals surface area (Å²) in [6, 6.07) is 1.04. The van der Waals surface area contributed by atoms with E-state index in [-0.39, 0.29) is 4.95 Å². The third-order valence-electron chi connectivity index (χ3n) is 1.57. The molecule has 0 fully saturated rings. The Morgan fingerprint density at radius 3 is 3.07 bits per heavy atom. The van der Waals surface area contributed by atoms with E-state index in [1.807, 2.05) is 6.92 Å². The summed E-state index contributed by atoms with van der Waals surface area (Å²) in [5, 5.41) is 2.59. The van der Waals surface area contributed by atoms with Gasteiger partial charge in [0, 0.05) is 12.4 Å². The summed E-state index contributed by atoms with van der Waals surface area (Å²) in [7, 11) is 0. The van der Waals surface area contributed by atoms with Gasteiger partial charge in [0.1, 0.15) is 0 Å². The number of hydrogen-bond donors (Lipinski definition) is 1. The van der Waals surface area contributed by atoms with Gasteiger partial charge in [-0.3, -0.25) is 0 Å². The first kappa shape index (κ1) is 10.9. The van der Waals surface area contributed by atoms with Crippen molar-refractivity contribution in [3.63, 3.8) is 0 Å². The minimum atomic E-state index is -0.583. The van der Waals surface area contributed by atoms with E-state index < -0.39 is 11.7 Å². The van der Waals surface area contributed by atoms with Gasteiger partial charge in [-0.1, -0.05) is 22.9 Å². The van der Waals surface area contributed by atoms with Crippen molar-refractivity contribution < 1.29 is 4.79 Å². The van der Waals surface area contributed by atoms with Gasteiger partial charge in [-0.2, -0.15) is 0 Å². The lowest BCUT2D eigenvalue weighted by molar-refractivity contribution is 0.240. The summed E-state index contributed by atoms with van der Waals surface area (Å²) in [6.07, 6.45) is 3.46. The smallest absolute Gasteiger partial charge is 0.325 e. The van der Waals surface area contributed by atoms with Crippen LogP contribution in [0.5, 0.6) is 0 Å². The second kappa shape index (κ2) is 4.90. The monoisotopic (exact) mass is 259 g/mol.